The van der Waals surface area contributed by atoms with Crippen molar-refractivity contribution in [2.24, 2.45) is 5.92 Å². The summed E-state index contributed by atoms with van der Waals surface area (Å²) in [7, 11) is 0.614. The molecule has 21 heavy (non-hydrogen) atoms. The Kier molecular flexibility index (Phi) is 5.64. The lowest BCUT2D eigenvalue weighted by Gasteiger charge is -2.29. The maximum Gasteiger partial charge on any atom is 0.0775 e. The van der Waals surface area contributed by atoms with E-state index >= 15 is 0 Å². The van der Waals surface area contributed by atoms with Crippen molar-refractivity contribution in [3.8, 4) is 0 Å². The van der Waals surface area contributed by atoms with Gasteiger partial charge in [0, 0.05) is 26.2 Å². The maximum atomic E-state index is 5.29. The molecule has 2 nitrogen and oxygen atoms in total. The van der Waals surface area contributed by atoms with Gasteiger partial charge in [0.05, 0.1) is 14.7 Å². The molecule has 0 spiro atoms. The van der Waals surface area contributed by atoms with Crippen molar-refractivity contribution >= 4 is 13.3 Å². The maximum absolute atomic E-state index is 5.29. The standard InChI is InChI=1S/C18H31NOSi/c1-15(17-8-9-17)19(12-13-20-2)14-16-6-10-18(11-7-16)21(3,4)5/h6-7,10-11,15,17H,8-9,12-14H2,1-5H3. The number of rotatable bonds is 8. The van der Waals surface area contributed by atoms with Gasteiger partial charge < -0.3 is 4.74 Å². The van der Waals surface area contributed by atoms with Crippen LogP contribution in [0.2, 0.25) is 19.6 Å². The molecule has 1 unspecified atom stereocenters. The quantitative estimate of drug-likeness (QED) is 0.682. The van der Waals surface area contributed by atoms with Gasteiger partial charge in [-0.2, -0.15) is 0 Å². The summed E-state index contributed by atoms with van der Waals surface area (Å²) in [6.45, 7) is 12.5. The number of benzene rings is 1. The molecular weight excluding hydrogens is 274 g/mol. The smallest absolute Gasteiger partial charge is 0.0775 e. The summed E-state index contributed by atoms with van der Waals surface area (Å²) in [5, 5.41) is 1.55. The second-order valence-electron chi connectivity index (χ2n) is 7.49. The van der Waals surface area contributed by atoms with Gasteiger partial charge in [-0.05, 0) is 31.2 Å². The summed E-state index contributed by atoms with van der Waals surface area (Å²) < 4.78 is 5.29. The summed E-state index contributed by atoms with van der Waals surface area (Å²) in [6, 6.07) is 10.0. The highest BCUT2D eigenvalue weighted by Gasteiger charge is 2.31. The second kappa shape index (κ2) is 7.08. The summed E-state index contributed by atoms with van der Waals surface area (Å²) in [4.78, 5) is 2.59. The van der Waals surface area contributed by atoms with E-state index in [4.69, 9.17) is 4.74 Å². The molecule has 0 aliphatic heterocycles. The Bertz CT molecular complexity index is 434. The highest BCUT2D eigenvalue weighted by molar-refractivity contribution is 6.88. The van der Waals surface area contributed by atoms with Crippen LogP contribution < -0.4 is 5.19 Å². The molecule has 1 aromatic carbocycles. The van der Waals surface area contributed by atoms with Gasteiger partial charge in [-0.1, -0.05) is 49.1 Å². The first-order valence-corrected chi connectivity index (χ1v) is 11.7. The van der Waals surface area contributed by atoms with Crippen LogP contribution in [-0.4, -0.2) is 39.3 Å². The fourth-order valence-corrected chi connectivity index (χ4v) is 4.02. The zero-order valence-corrected chi connectivity index (χ0v) is 15.4. The van der Waals surface area contributed by atoms with Crippen LogP contribution >= 0.6 is 0 Å². The van der Waals surface area contributed by atoms with E-state index in [0.29, 0.717) is 6.04 Å². The molecule has 1 aliphatic carbocycles. The van der Waals surface area contributed by atoms with Crippen LogP contribution in [0, 0.1) is 5.92 Å². The molecule has 1 fully saturated rings. The van der Waals surface area contributed by atoms with Crippen LogP contribution in [0.25, 0.3) is 0 Å². The van der Waals surface area contributed by atoms with Crippen molar-refractivity contribution in [2.45, 2.75) is 52.0 Å². The zero-order chi connectivity index (χ0) is 15.5. The topological polar surface area (TPSA) is 12.5 Å². The van der Waals surface area contributed by atoms with E-state index in [1.54, 1.807) is 12.3 Å². The SMILES string of the molecule is COCCN(Cc1ccc([Si](C)(C)C)cc1)C(C)C1CC1. The third-order valence-corrected chi connectivity index (χ3v) is 6.73. The van der Waals surface area contributed by atoms with E-state index in [2.05, 4.69) is 55.7 Å². The Hall–Kier alpha value is -0.643. The van der Waals surface area contributed by atoms with E-state index in [1.807, 2.05) is 0 Å². The van der Waals surface area contributed by atoms with Gasteiger partial charge in [0.25, 0.3) is 0 Å². The van der Waals surface area contributed by atoms with Gasteiger partial charge >= 0.3 is 0 Å². The average molecular weight is 306 g/mol. The number of hydrogen-bond donors (Lipinski definition) is 0. The zero-order valence-electron chi connectivity index (χ0n) is 14.4. The molecule has 2 rings (SSSR count). The average Bonchev–Trinajstić information content (AvgIpc) is 3.26. The number of methoxy groups -OCH3 is 1. The van der Waals surface area contributed by atoms with Crippen LogP contribution in [-0.2, 0) is 11.3 Å². The van der Waals surface area contributed by atoms with Gasteiger partial charge in [-0.3, -0.25) is 4.90 Å². The van der Waals surface area contributed by atoms with Crippen molar-refractivity contribution in [3.63, 3.8) is 0 Å². The Morgan fingerprint density at radius 3 is 2.29 bits per heavy atom. The van der Waals surface area contributed by atoms with E-state index in [9.17, 15) is 0 Å². The molecule has 3 heteroatoms. The molecular formula is C18H31NOSi. The molecule has 0 aromatic heterocycles. The number of nitrogens with zero attached hydrogens (tertiary/aromatic N) is 1. The van der Waals surface area contributed by atoms with Crippen LogP contribution in [0.3, 0.4) is 0 Å². The first kappa shape index (κ1) is 16.7. The minimum atomic E-state index is -1.18. The molecule has 1 saturated carbocycles. The molecule has 0 amide bonds. The highest BCUT2D eigenvalue weighted by atomic mass is 28.3. The molecule has 0 N–H and O–H groups in total. The third kappa shape index (κ3) is 4.94. The van der Waals surface area contributed by atoms with Gasteiger partial charge in [0.15, 0.2) is 0 Å². The predicted octanol–water partition coefficient (Wildman–Crippen LogP) is 3.48. The molecule has 0 heterocycles. The molecule has 1 aromatic rings. The molecule has 0 bridgehead atoms. The monoisotopic (exact) mass is 305 g/mol. The molecule has 1 atom stereocenters. The predicted molar refractivity (Wildman–Crippen MR) is 93.9 cm³/mol. The van der Waals surface area contributed by atoms with Crippen LogP contribution in [0.1, 0.15) is 25.3 Å². The third-order valence-electron chi connectivity index (χ3n) is 4.67. The Labute approximate surface area is 131 Å². The lowest BCUT2D eigenvalue weighted by atomic mass is 10.1. The minimum Gasteiger partial charge on any atom is -0.383 e. The summed E-state index contributed by atoms with van der Waals surface area (Å²) in [5.74, 6) is 0.906. The van der Waals surface area contributed by atoms with E-state index < -0.39 is 8.07 Å². The molecule has 0 saturated heterocycles. The largest absolute Gasteiger partial charge is 0.383 e. The normalized spacial score (nSPS) is 17.2. The number of hydrogen-bond acceptors (Lipinski definition) is 2. The first-order chi connectivity index (χ1) is 9.91. The summed E-state index contributed by atoms with van der Waals surface area (Å²) >= 11 is 0. The van der Waals surface area contributed by atoms with Crippen molar-refractivity contribution in [1.82, 2.24) is 4.90 Å². The summed E-state index contributed by atoms with van der Waals surface area (Å²) in [5.41, 5.74) is 1.43. The van der Waals surface area contributed by atoms with Crippen LogP contribution in [0.4, 0.5) is 0 Å². The fraction of sp³-hybridized carbons (Fsp3) is 0.667. The van der Waals surface area contributed by atoms with Gasteiger partial charge in [0.2, 0.25) is 0 Å². The van der Waals surface area contributed by atoms with Crippen molar-refractivity contribution in [3.05, 3.63) is 29.8 Å². The summed E-state index contributed by atoms with van der Waals surface area (Å²) in [6.07, 6.45) is 2.80. The molecule has 0 radical (unpaired) electrons. The molecule has 118 valence electrons. The van der Waals surface area contributed by atoms with Gasteiger partial charge in [-0.15, -0.1) is 0 Å². The number of ether oxygens (including phenoxy) is 1. The first-order valence-electron chi connectivity index (χ1n) is 8.24. The van der Waals surface area contributed by atoms with E-state index in [0.717, 1.165) is 25.6 Å². The van der Waals surface area contributed by atoms with Gasteiger partial charge in [0.1, 0.15) is 0 Å². The van der Waals surface area contributed by atoms with Crippen LogP contribution in [0.15, 0.2) is 24.3 Å². The van der Waals surface area contributed by atoms with E-state index in [1.165, 1.54) is 18.4 Å². The lowest BCUT2D eigenvalue weighted by Crippen LogP contribution is -2.38. The Morgan fingerprint density at radius 1 is 1.19 bits per heavy atom. The van der Waals surface area contributed by atoms with E-state index in [-0.39, 0.29) is 0 Å². The van der Waals surface area contributed by atoms with Crippen molar-refractivity contribution in [2.75, 3.05) is 20.3 Å². The highest BCUT2D eigenvalue weighted by Crippen LogP contribution is 2.35. The Balaban J connectivity index is 2.01. The van der Waals surface area contributed by atoms with Gasteiger partial charge in [-0.25, -0.2) is 0 Å². The Morgan fingerprint density at radius 2 is 1.81 bits per heavy atom. The molecule has 1 aliphatic rings. The van der Waals surface area contributed by atoms with Crippen molar-refractivity contribution < 1.29 is 4.74 Å². The van der Waals surface area contributed by atoms with Crippen LogP contribution in [0.5, 0.6) is 0 Å². The second-order valence-corrected chi connectivity index (χ2v) is 12.6. The lowest BCUT2D eigenvalue weighted by molar-refractivity contribution is 0.111. The van der Waals surface area contributed by atoms with Crippen molar-refractivity contribution in [1.29, 1.82) is 0 Å². The fourth-order valence-electron chi connectivity index (χ4n) is 2.86. The minimum absolute atomic E-state index is 0.678.